The van der Waals surface area contributed by atoms with E-state index in [2.05, 4.69) is 5.32 Å². The van der Waals surface area contributed by atoms with Gasteiger partial charge in [-0.3, -0.25) is 4.79 Å². The third-order valence-corrected chi connectivity index (χ3v) is 3.27. The highest BCUT2D eigenvalue weighted by Crippen LogP contribution is 2.19. The molecule has 1 N–H and O–H groups in total. The van der Waals surface area contributed by atoms with Gasteiger partial charge in [-0.25, -0.2) is 4.79 Å². The van der Waals surface area contributed by atoms with E-state index in [0.29, 0.717) is 12.4 Å². The molecular formula is C20H21NO4. The SMILES string of the molecule is CCOc1ccccc1COC(=O)/C(=C/c1ccccc1)NC(C)=O. The number of hydrogen-bond acceptors (Lipinski definition) is 4. The van der Waals surface area contributed by atoms with Crippen molar-refractivity contribution in [1.82, 2.24) is 5.32 Å². The average molecular weight is 339 g/mol. The van der Waals surface area contributed by atoms with E-state index in [9.17, 15) is 9.59 Å². The fourth-order valence-corrected chi connectivity index (χ4v) is 2.19. The number of carbonyl (C=O) groups is 2. The number of hydrogen-bond donors (Lipinski definition) is 1. The summed E-state index contributed by atoms with van der Waals surface area (Å²) in [5, 5.41) is 2.52. The van der Waals surface area contributed by atoms with Crippen LogP contribution >= 0.6 is 0 Å². The van der Waals surface area contributed by atoms with Gasteiger partial charge in [-0.1, -0.05) is 48.5 Å². The van der Waals surface area contributed by atoms with E-state index in [1.165, 1.54) is 6.92 Å². The van der Waals surface area contributed by atoms with Gasteiger partial charge in [-0.2, -0.15) is 0 Å². The Bertz CT molecular complexity index is 753. The molecule has 0 atom stereocenters. The van der Waals surface area contributed by atoms with Crippen molar-refractivity contribution >= 4 is 18.0 Å². The predicted octanol–water partition coefficient (Wildman–Crippen LogP) is 3.31. The Kier molecular flexibility index (Phi) is 6.77. The van der Waals surface area contributed by atoms with Crippen molar-refractivity contribution in [3.05, 3.63) is 71.4 Å². The van der Waals surface area contributed by atoms with Gasteiger partial charge in [0, 0.05) is 12.5 Å². The van der Waals surface area contributed by atoms with Gasteiger partial charge in [0.05, 0.1) is 6.61 Å². The van der Waals surface area contributed by atoms with Crippen LogP contribution in [0.25, 0.3) is 6.08 Å². The molecule has 0 fully saturated rings. The van der Waals surface area contributed by atoms with Crippen molar-refractivity contribution in [3.8, 4) is 5.75 Å². The lowest BCUT2D eigenvalue weighted by Crippen LogP contribution is -2.26. The van der Waals surface area contributed by atoms with Crippen molar-refractivity contribution < 1.29 is 19.1 Å². The van der Waals surface area contributed by atoms with Crippen LogP contribution in [0.2, 0.25) is 0 Å². The second-order valence-electron chi connectivity index (χ2n) is 5.27. The summed E-state index contributed by atoms with van der Waals surface area (Å²) in [4.78, 5) is 23.8. The van der Waals surface area contributed by atoms with Crippen LogP contribution in [0.5, 0.6) is 5.75 Å². The van der Waals surface area contributed by atoms with Gasteiger partial charge >= 0.3 is 5.97 Å². The maximum absolute atomic E-state index is 12.4. The maximum Gasteiger partial charge on any atom is 0.355 e. The summed E-state index contributed by atoms with van der Waals surface area (Å²) in [5.74, 6) is -0.273. The topological polar surface area (TPSA) is 64.6 Å². The molecule has 0 aliphatic rings. The molecule has 0 heterocycles. The van der Waals surface area contributed by atoms with E-state index < -0.39 is 5.97 Å². The predicted molar refractivity (Wildman–Crippen MR) is 95.6 cm³/mol. The molecule has 0 radical (unpaired) electrons. The molecule has 25 heavy (non-hydrogen) atoms. The number of ether oxygens (including phenoxy) is 2. The van der Waals surface area contributed by atoms with Crippen LogP contribution in [0.4, 0.5) is 0 Å². The minimum Gasteiger partial charge on any atom is -0.493 e. The second-order valence-corrected chi connectivity index (χ2v) is 5.27. The van der Waals surface area contributed by atoms with Gasteiger partial charge in [-0.15, -0.1) is 0 Å². The lowest BCUT2D eigenvalue weighted by molar-refractivity contribution is -0.141. The Morgan fingerprint density at radius 3 is 2.40 bits per heavy atom. The maximum atomic E-state index is 12.4. The standard InChI is InChI=1S/C20H21NO4/c1-3-24-19-12-8-7-11-17(19)14-25-20(23)18(21-15(2)22)13-16-9-5-4-6-10-16/h4-13H,3,14H2,1-2H3,(H,21,22)/b18-13-. The van der Waals surface area contributed by atoms with Crippen LogP contribution in [-0.4, -0.2) is 18.5 Å². The Morgan fingerprint density at radius 1 is 1.04 bits per heavy atom. The van der Waals surface area contributed by atoms with Crippen LogP contribution in [-0.2, 0) is 20.9 Å². The summed E-state index contributed by atoms with van der Waals surface area (Å²) >= 11 is 0. The van der Waals surface area contributed by atoms with Gasteiger partial charge in [-0.05, 0) is 24.6 Å². The summed E-state index contributed by atoms with van der Waals surface area (Å²) < 4.78 is 10.9. The van der Waals surface area contributed by atoms with E-state index >= 15 is 0 Å². The van der Waals surface area contributed by atoms with Gasteiger partial charge in [0.2, 0.25) is 5.91 Å². The fourth-order valence-electron chi connectivity index (χ4n) is 2.19. The van der Waals surface area contributed by atoms with Crippen LogP contribution in [0.15, 0.2) is 60.3 Å². The molecule has 0 aliphatic carbocycles. The minimum atomic E-state index is -0.606. The summed E-state index contributed by atoms with van der Waals surface area (Å²) in [6.07, 6.45) is 1.58. The van der Waals surface area contributed by atoms with Gasteiger partial charge in [0.1, 0.15) is 18.1 Å². The molecule has 0 unspecified atom stereocenters. The first-order valence-corrected chi connectivity index (χ1v) is 8.02. The van der Waals surface area contributed by atoms with Crippen LogP contribution < -0.4 is 10.1 Å². The van der Waals surface area contributed by atoms with E-state index in [0.717, 1.165) is 11.1 Å². The van der Waals surface area contributed by atoms with Crippen LogP contribution in [0, 0.1) is 0 Å². The van der Waals surface area contributed by atoms with Crippen molar-refractivity contribution in [3.63, 3.8) is 0 Å². The first kappa shape index (κ1) is 18.3. The van der Waals surface area contributed by atoms with Gasteiger partial charge < -0.3 is 14.8 Å². The van der Waals surface area contributed by atoms with Gasteiger partial charge in [0.15, 0.2) is 0 Å². The van der Waals surface area contributed by atoms with E-state index in [1.807, 2.05) is 61.5 Å². The first-order valence-electron chi connectivity index (χ1n) is 8.02. The Labute approximate surface area is 147 Å². The number of benzene rings is 2. The number of rotatable bonds is 7. The molecule has 2 aromatic rings. The zero-order chi connectivity index (χ0) is 18.1. The summed E-state index contributed by atoms with van der Waals surface area (Å²) in [6.45, 7) is 3.81. The van der Waals surface area contributed by atoms with E-state index in [-0.39, 0.29) is 18.2 Å². The quantitative estimate of drug-likeness (QED) is 0.621. The summed E-state index contributed by atoms with van der Waals surface area (Å²) in [6, 6.07) is 16.6. The molecule has 130 valence electrons. The number of nitrogens with one attached hydrogen (secondary N) is 1. The third-order valence-electron chi connectivity index (χ3n) is 3.27. The molecule has 1 amide bonds. The Morgan fingerprint density at radius 2 is 1.72 bits per heavy atom. The normalized spacial score (nSPS) is 10.9. The summed E-state index contributed by atoms with van der Waals surface area (Å²) in [7, 11) is 0. The highest BCUT2D eigenvalue weighted by molar-refractivity contribution is 5.97. The largest absolute Gasteiger partial charge is 0.493 e. The molecule has 2 rings (SSSR count). The molecule has 5 nitrogen and oxygen atoms in total. The zero-order valence-electron chi connectivity index (χ0n) is 14.3. The lowest BCUT2D eigenvalue weighted by Gasteiger charge is -2.12. The molecule has 0 saturated carbocycles. The molecule has 0 aliphatic heterocycles. The number of para-hydroxylation sites is 1. The van der Waals surface area contributed by atoms with E-state index in [1.54, 1.807) is 6.08 Å². The zero-order valence-corrected chi connectivity index (χ0v) is 14.3. The minimum absolute atomic E-state index is 0.0563. The van der Waals surface area contributed by atoms with Crippen molar-refractivity contribution in [2.45, 2.75) is 20.5 Å². The Balaban J connectivity index is 2.12. The molecule has 0 spiro atoms. The molecule has 0 aromatic heterocycles. The Hall–Kier alpha value is -3.08. The number of amides is 1. The van der Waals surface area contributed by atoms with Crippen LogP contribution in [0.1, 0.15) is 25.0 Å². The number of carbonyl (C=O) groups excluding carboxylic acids is 2. The molecule has 0 bridgehead atoms. The fraction of sp³-hybridized carbons (Fsp3) is 0.200. The monoisotopic (exact) mass is 339 g/mol. The lowest BCUT2D eigenvalue weighted by atomic mass is 10.2. The summed E-state index contributed by atoms with van der Waals surface area (Å²) in [5.41, 5.74) is 1.64. The van der Waals surface area contributed by atoms with Gasteiger partial charge in [0.25, 0.3) is 0 Å². The van der Waals surface area contributed by atoms with Crippen molar-refractivity contribution in [2.75, 3.05) is 6.61 Å². The third kappa shape index (κ3) is 5.80. The molecule has 5 heteroatoms. The second kappa shape index (κ2) is 9.27. The molecular weight excluding hydrogens is 318 g/mol. The van der Waals surface area contributed by atoms with Crippen molar-refractivity contribution in [2.24, 2.45) is 0 Å². The van der Waals surface area contributed by atoms with Crippen molar-refractivity contribution in [1.29, 1.82) is 0 Å². The highest BCUT2D eigenvalue weighted by Gasteiger charge is 2.14. The highest BCUT2D eigenvalue weighted by atomic mass is 16.5. The first-order chi connectivity index (χ1) is 12.1. The number of esters is 1. The van der Waals surface area contributed by atoms with Crippen LogP contribution in [0.3, 0.4) is 0 Å². The smallest absolute Gasteiger partial charge is 0.355 e. The average Bonchev–Trinajstić information content (AvgIpc) is 2.61. The molecule has 0 saturated heterocycles. The van der Waals surface area contributed by atoms with E-state index in [4.69, 9.17) is 9.47 Å². The molecule has 2 aromatic carbocycles.